The van der Waals surface area contributed by atoms with Crippen molar-refractivity contribution in [1.29, 1.82) is 0 Å². The van der Waals surface area contributed by atoms with E-state index in [1.807, 2.05) is 0 Å². The summed E-state index contributed by atoms with van der Waals surface area (Å²) in [7, 11) is -4.54. The highest BCUT2D eigenvalue weighted by Crippen LogP contribution is 2.39. The molecule has 0 radical (unpaired) electrons. The summed E-state index contributed by atoms with van der Waals surface area (Å²) in [6, 6.07) is 11.7. The summed E-state index contributed by atoms with van der Waals surface area (Å²) in [6.07, 6.45) is -4.72. The van der Waals surface area contributed by atoms with Gasteiger partial charge in [-0.3, -0.25) is 4.79 Å². The van der Waals surface area contributed by atoms with Gasteiger partial charge in [-0.25, -0.2) is 8.42 Å². The number of nitrogens with one attached hydrogen (secondary N) is 1. The minimum absolute atomic E-state index is 0.129. The van der Waals surface area contributed by atoms with E-state index in [0.717, 1.165) is 19.1 Å². The molecule has 0 amide bonds. The molecule has 0 aliphatic rings. The van der Waals surface area contributed by atoms with Crippen molar-refractivity contribution in [2.24, 2.45) is 0 Å². The number of benzene rings is 2. The lowest BCUT2D eigenvalue weighted by molar-refractivity contribution is -0.189. The molecule has 1 N–H and O–H groups in total. The van der Waals surface area contributed by atoms with E-state index in [9.17, 15) is 26.4 Å². The van der Waals surface area contributed by atoms with Gasteiger partial charge in [0.2, 0.25) is 10.0 Å². The number of hydrogen-bond donors (Lipinski definition) is 1. The summed E-state index contributed by atoms with van der Waals surface area (Å²) in [5, 5.41) is 0. The van der Waals surface area contributed by atoms with Crippen molar-refractivity contribution in [3.63, 3.8) is 0 Å². The molecule has 0 aromatic heterocycles. The van der Waals surface area contributed by atoms with Crippen LogP contribution in [0.5, 0.6) is 0 Å². The van der Waals surface area contributed by atoms with Gasteiger partial charge in [-0.05, 0) is 24.6 Å². The van der Waals surface area contributed by atoms with Crippen LogP contribution >= 0.6 is 0 Å². The summed E-state index contributed by atoms with van der Waals surface area (Å²) < 4.78 is 68.1. The van der Waals surface area contributed by atoms with E-state index in [1.165, 1.54) is 42.5 Å². The first-order valence-electron chi connectivity index (χ1n) is 7.81. The average Bonchev–Trinajstić information content (AvgIpc) is 2.60. The molecular weight excluding hydrogens is 367 g/mol. The molecule has 0 saturated carbocycles. The molecule has 0 fully saturated rings. The van der Waals surface area contributed by atoms with E-state index < -0.39 is 26.6 Å². The molecule has 0 aliphatic heterocycles. The van der Waals surface area contributed by atoms with Gasteiger partial charge in [-0.2, -0.15) is 17.9 Å². The van der Waals surface area contributed by atoms with E-state index in [1.54, 1.807) is 11.6 Å². The molecule has 2 rings (SSSR count). The maximum atomic E-state index is 13.7. The van der Waals surface area contributed by atoms with Crippen LogP contribution in [0.25, 0.3) is 0 Å². The van der Waals surface area contributed by atoms with Gasteiger partial charge in [-0.1, -0.05) is 49.4 Å². The Kier molecular flexibility index (Phi) is 5.58. The number of ketones is 1. The van der Waals surface area contributed by atoms with Crippen LogP contribution < -0.4 is 4.72 Å². The molecule has 0 aliphatic carbocycles. The number of carbonyl (C=O) groups excluding carboxylic acids is 1. The largest absolute Gasteiger partial charge is 0.411 e. The van der Waals surface area contributed by atoms with Crippen LogP contribution in [0.15, 0.2) is 59.5 Å². The second-order valence-electron chi connectivity index (χ2n) is 5.90. The predicted molar refractivity (Wildman–Crippen MR) is 91.2 cm³/mol. The van der Waals surface area contributed by atoms with Crippen molar-refractivity contribution in [3.8, 4) is 0 Å². The number of Topliss-reactive ketones (excluding diaryl/α,β-unsaturated/α-hetero) is 1. The Morgan fingerprint density at radius 1 is 1.04 bits per heavy atom. The molecule has 1 atom stereocenters. The summed E-state index contributed by atoms with van der Waals surface area (Å²) in [6.45, 7) is 2.37. The average molecular weight is 385 g/mol. The fourth-order valence-corrected chi connectivity index (χ4v) is 3.85. The summed E-state index contributed by atoms with van der Waals surface area (Å²) in [5.41, 5.74) is -2.93. The molecule has 8 heteroatoms. The Morgan fingerprint density at radius 2 is 1.65 bits per heavy atom. The van der Waals surface area contributed by atoms with Crippen molar-refractivity contribution < 1.29 is 26.4 Å². The monoisotopic (exact) mass is 385 g/mol. The van der Waals surface area contributed by atoms with Gasteiger partial charge in [0.05, 0.1) is 4.90 Å². The number of hydrogen-bond acceptors (Lipinski definition) is 3. The number of sulfonamides is 1. The molecule has 4 nitrogen and oxygen atoms in total. The minimum Gasteiger partial charge on any atom is -0.294 e. The Bertz CT molecular complexity index is 895. The summed E-state index contributed by atoms with van der Waals surface area (Å²) in [4.78, 5) is 11.4. The molecule has 0 spiro atoms. The smallest absolute Gasteiger partial charge is 0.294 e. The van der Waals surface area contributed by atoms with Crippen LogP contribution in [-0.2, 0) is 15.6 Å². The third-order valence-corrected chi connectivity index (χ3v) is 5.60. The summed E-state index contributed by atoms with van der Waals surface area (Å²) >= 11 is 0. The van der Waals surface area contributed by atoms with Crippen LogP contribution in [0.1, 0.15) is 36.2 Å². The second-order valence-corrected chi connectivity index (χ2v) is 7.58. The SMILES string of the molecule is CCC(=O)c1cccc(S(=O)(=O)NC(C)(c2ccccc2)C(F)(F)F)c1. The predicted octanol–water partition coefficient (Wildman–Crippen LogP) is 4.04. The van der Waals surface area contributed by atoms with E-state index in [-0.39, 0.29) is 23.3 Å². The van der Waals surface area contributed by atoms with Gasteiger partial charge in [0.1, 0.15) is 0 Å². The zero-order valence-corrected chi connectivity index (χ0v) is 15.0. The third kappa shape index (κ3) is 3.96. The zero-order valence-electron chi connectivity index (χ0n) is 14.2. The molecule has 2 aromatic rings. The molecule has 140 valence electrons. The lowest BCUT2D eigenvalue weighted by Crippen LogP contribution is -2.53. The van der Waals surface area contributed by atoms with Crippen LogP contribution in [0, 0.1) is 0 Å². The molecule has 26 heavy (non-hydrogen) atoms. The Morgan fingerprint density at radius 3 is 2.19 bits per heavy atom. The number of carbonyl (C=O) groups is 1. The second kappa shape index (κ2) is 7.20. The highest BCUT2D eigenvalue weighted by molar-refractivity contribution is 7.89. The number of alkyl halides is 3. The first kappa shape index (κ1) is 20.1. The van der Waals surface area contributed by atoms with Gasteiger partial charge in [0.25, 0.3) is 0 Å². The Hall–Kier alpha value is -2.19. The van der Waals surface area contributed by atoms with Crippen molar-refractivity contribution in [3.05, 3.63) is 65.7 Å². The van der Waals surface area contributed by atoms with Gasteiger partial charge in [0.15, 0.2) is 11.3 Å². The van der Waals surface area contributed by atoms with Crippen LogP contribution in [0.4, 0.5) is 13.2 Å². The van der Waals surface area contributed by atoms with E-state index in [4.69, 9.17) is 0 Å². The summed E-state index contributed by atoms with van der Waals surface area (Å²) in [5.74, 6) is -0.302. The molecule has 0 saturated heterocycles. The van der Waals surface area contributed by atoms with Crippen LogP contribution in [0.3, 0.4) is 0 Å². The number of rotatable bonds is 6. The fourth-order valence-electron chi connectivity index (χ4n) is 2.42. The molecule has 0 heterocycles. The van der Waals surface area contributed by atoms with Crippen molar-refractivity contribution >= 4 is 15.8 Å². The topological polar surface area (TPSA) is 63.2 Å². The van der Waals surface area contributed by atoms with Crippen molar-refractivity contribution in [2.45, 2.75) is 36.9 Å². The van der Waals surface area contributed by atoms with Crippen molar-refractivity contribution in [2.75, 3.05) is 0 Å². The van der Waals surface area contributed by atoms with Gasteiger partial charge in [-0.15, -0.1) is 0 Å². The zero-order chi connectivity index (χ0) is 19.6. The molecule has 0 bridgehead atoms. The van der Waals surface area contributed by atoms with E-state index in [0.29, 0.717) is 0 Å². The fraction of sp³-hybridized carbons (Fsp3) is 0.278. The lowest BCUT2D eigenvalue weighted by Gasteiger charge is -2.33. The normalized spacial score (nSPS) is 14.7. The minimum atomic E-state index is -4.88. The first-order valence-corrected chi connectivity index (χ1v) is 9.29. The quantitative estimate of drug-likeness (QED) is 0.764. The highest BCUT2D eigenvalue weighted by Gasteiger charge is 2.54. The Balaban J connectivity index is 2.50. The Labute approximate surface area is 150 Å². The van der Waals surface area contributed by atoms with Gasteiger partial charge >= 0.3 is 6.18 Å². The molecule has 2 aromatic carbocycles. The van der Waals surface area contributed by atoms with Crippen LogP contribution in [-0.4, -0.2) is 20.4 Å². The standard InChI is InChI=1S/C18H18F3NO3S/c1-3-16(23)13-8-7-11-15(12-13)26(24,25)22-17(2,18(19,20)21)14-9-5-4-6-10-14/h4-12,22H,3H2,1-2H3. The van der Waals surface area contributed by atoms with E-state index >= 15 is 0 Å². The first-order chi connectivity index (χ1) is 12.0. The third-order valence-electron chi connectivity index (χ3n) is 4.04. The lowest BCUT2D eigenvalue weighted by atomic mass is 9.93. The molecule has 1 unspecified atom stereocenters. The maximum absolute atomic E-state index is 13.7. The highest BCUT2D eigenvalue weighted by atomic mass is 32.2. The van der Waals surface area contributed by atoms with E-state index in [2.05, 4.69) is 0 Å². The van der Waals surface area contributed by atoms with Crippen LogP contribution in [0.2, 0.25) is 0 Å². The van der Waals surface area contributed by atoms with Crippen molar-refractivity contribution in [1.82, 2.24) is 4.72 Å². The van der Waals surface area contributed by atoms with Gasteiger partial charge < -0.3 is 0 Å². The van der Waals surface area contributed by atoms with Gasteiger partial charge in [0, 0.05) is 12.0 Å². The maximum Gasteiger partial charge on any atom is 0.411 e. The molecular formula is C18H18F3NO3S. The number of halogens is 3.